The lowest BCUT2D eigenvalue weighted by atomic mass is 10.1. The normalized spacial score (nSPS) is 11.4. The van der Waals surface area contributed by atoms with Gasteiger partial charge in [-0.3, -0.25) is 4.79 Å². The van der Waals surface area contributed by atoms with Crippen molar-refractivity contribution in [1.29, 1.82) is 0 Å². The standard InChI is InChI=1S/C17H28N4O/c1-5-19-17(20-10-9-13(2)3)21-12-14-7-6-8-15(11-14)16(22)18-4/h6-8,11,13H,5,9-10,12H2,1-4H3,(H,18,22)(H2,19,20,21). The molecule has 0 atom stereocenters. The van der Waals surface area contributed by atoms with Crippen molar-refractivity contribution in [3.05, 3.63) is 35.4 Å². The average molecular weight is 304 g/mol. The maximum atomic E-state index is 11.6. The molecule has 0 saturated heterocycles. The Bertz CT molecular complexity index is 497. The molecule has 0 aliphatic rings. The molecule has 5 nitrogen and oxygen atoms in total. The highest BCUT2D eigenvalue weighted by Crippen LogP contribution is 2.06. The first kappa shape index (κ1) is 18.0. The second kappa shape index (κ2) is 9.82. The molecule has 1 amide bonds. The first-order chi connectivity index (χ1) is 10.6. The van der Waals surface area contributed by atoms with E-state index in [0.29, 0.717) is 18.0 Å². The fraction of sp³-hybridized carbons (Fsp3) is 0.529. The van der Waals surface area contributed by atoms with E-state index in [2.05, 4.69) is 34.8 Å². The van der Waals surface area contributed by atoms with Crippen molar-refractivity contribution in [1.82, 2.24) is 16.0 Å². The van der Waals surface area contributed by atoms with Crippen LogP contribution in [0.4, 0.5) is 0 Å². The lowest BCUT2D eigenvalue weighted by Crippen LogP contribution is -2.38. The number of carbonyl (C=O) groups is 1. The van der Waals surface area contributed by atoms with Crippen LogP contribution in [-0.4, -0.2) is 32.0 Å². The highest BCUT2D eigenvalue weighted by Gasteiger charge is 2.04. The van der Waals surface area contributed by atoms with Crippen molar-refractivity contribution in [2.45, 2.75) is 33.7 Å². The molecule has 0 aliphatic heterocycles. The Hall–Kier alpha value is -2.04. The van der Waals surface area contributed by atoms with Gasteiger partial charge in [-0.25, -0.2) is 4.99 Å². The van der Waals surface area contributed by atoms with Gasteiger partial charge in [0.2, 0.25) is 0 Å². The van der Waals surface area contributed by atoms with Gasteiger partial charge in [0.25, 0.3) is 5.91 Å². The summed E-state index contributed by atoms with van der Waals surface area (Å²) in [6.07, 6.45) is 1.11. The number of hydrogen-bond donors (Lipinski definition) is 3. The number of amides is 1. The summed E-state index contributed by atoms with van der Waals surface area (Å²) >= 11 is 0. The molecule has 0 spiro atoms. The van der Waals surface area contributed by atoms with Gasteiger partial charge in [0.15, 0.2) is 5.96 Å². The number of benzene rings is 1. The summed E-state index contributed by atoms with van der Waals surface area (Å²) in [5.74, 6) is 1.40. The second-order valence-electron chi connectivity index (χ2n) is 5.58. The van der Waals surface area contributed by atoms with E-state index in [1.165, 1.54) is 0 Å². The van der Waals surface area contributed by atoms with E-state index in [1.54, 1.807) is 13.1 Å². The zero-order chi connectivity index (χ0) is 16.4. The predicted molar refractivity (Wildman–Crippen MR) is 92.1 cm³/mol. The van der Waals surface area contributed by atoms with Crippen LogP contribution in [0.1, 0.15) is 43.1 Å². The number of rotatable bonds is 7. The molecule has 0 aliphatic carbocycles. The van der Waals surface area contributed by atoms with Crippen LogP contribution in [-0.2, 0) is 6.54 Å². The van der Waals surface area contributed by atoms with E-state index in [4.69, 9.17) is 0 Å². The molecule has 0 heterocycles. The van der Waals surface area contributed by atoms with Gasteiger partial charge in [-0.1, -0.05) is 26.0 Å². The Morgan fingerprint density at radius 2 is 2.05 bits per heavy atom. The summed E-state index contributed by atoms with van der Waals surface area (Å²) in [6, 6.07) is 7.54. The van der Waals surface area contributed by atoms with Crippen molar-refractivity contribution in [3.63, 3.8) is 0 Å². The number of guanidine groups is 1. The number of aliphatic imine (C=N–C) groups is 1. The summed E-state index contributed by atoms with van der Waals surface area (Å²) in [5, 5.41) is 9.20. The summed E-state index contributed by atoms with van der Waals surface area (Å²) in [4.78, 5) is 16.2. The molecule has 122 valence electrons. The van der Waals surface area contributed by atoms with Gasteiger partial charge in [-0.2, -0.15) is 0 Å². The third kappa shape index (κ3) is 6.61. The lowest BCUT2D eigenvalue weighted by Gasteiger charge is -2.12. The van der Waals surface area contributed by atoms with Crippen LogP contribution >= 0.6 is 0 Å². The van der Waals surface area contributed by atoms with Crippen molar-refractivity contribution in [2.24, 2.45) is 10.9 Å². The van der Waals surface area contributed by atoms with Gasteiger partial charge >= 0.3 is 0 Å². The molecule has 3 N–H and O–H groups in total. The molecule has 1 rings (SSSR count). The largest absolute Gasteiger partial charge is 0.357 e. The second-order valence-corrected chi connectivity index (χ2v) is 5.58. The number of hydrogen-bond acceptors (Lipinski definition) is 2. The minimum Gasteiger partial charge on any atom is -0.357 e. The monoisotopic (exact) mass is 304 g/mol. The molecule has 1 aromatic carbocycles. The molecule has 0 aromatic heterocycles. The van der Waals surface area contributed by atoms with E-state index >= 15 is 0 Å². The molecular formula is C17H28N4O. The zero-order valence-corrected chi connectivity index (χ0v) is 14.1. The van der Waals surface area contributed by atoms with Crippen molar-refractivity contribution >= 4 is 11.9 Å². The lowest BCUT2D eigenvalue weighted by molar-refractivity contribution is 0.0963. The summed E-state index contributed by atoms with van der Waals surface area (Å²) in [5.41, 5.74) is 1.68. The number of nitrogens with one attached hydrogen (secondary N) is 3. The Balaban J connectivity index is 2.66. The zero-order valence-electron chi connectivity index (χ0n) is 14.1. The van der Waals surface area contributed by atoms with Crippen LogP contribution < -0.4 is 16.0 Å². The van der Waals surface area contributed by atoms with Gasteiger partial charge in [0.1, 0.15) is 0 Å². The van der Waals surface area contributed by atoms with E-state index in [-0.39, 0.29) is 5.91 Å². The Morgan fingerprint density at radius 3 is 2.68 bits per heavy atom. The Kier molecular flexibility index (Phi) is 8.04. The first-order valence-corrected chi connectivity index (χ1v) is 7.90. The molecular weight excluding hydrogens is 276 g/mol. The molecule has 0 bridgehead atoms. The van der Waals surface area contributed by atoms with Crippen LogP contribution in [0.15, 0.2) is 29.3 Å². The van der Waals surface area contributed by atoms with Crippen molar-refractivity contribution in [3.8, 4) is 0 Å². The van der Waals surface area contributed by atoms with Gasteiger partial charge < -0.3 is 16.0 Å². The molecule has 1 aromatic rings. The highest BCUT2D eigenvalue weighted by molar-refractivity contribution is 5.94. The smallest absolute Gasteiger partial charge is 0.251 e. The maximum Gasteiger partial charge on any atom is 0.251 e. The fourth-order valence-electron chi connectivity index (χ4n) is 1.95. The topological polar surface area (TPSA) is 65.5 Å². The molecule has 0 saturated carbocycles. The summed E-state index contributed by atoms with van der Waals surface area (Å²) < 4.78 is 0. The van der Waals surface area contributed by atoms with Crippen LogP contribution in [0.5, 0.6) is 0 Å². The van der Waals surface area contributed by atoms with Gasteiger partial charge in [0.05, 0.1) is 6.54 Å². The first-order valence-electron chi connectivity index (χ1n) is 7.90. The molecule has 5 heteroatoms. The van der Waals surface area contributed by atoms with Crippen LogP contribution in [0.2, 0.25) is 0 Å². The van der Waals surface area contributed by atoms with Crippen molar-refractivity contribution < 1.29 is 4.79 Å². The third-order valence-corrected chi connectivity index (χ3v) is 3.19. The fourth-order valence-corrected chi connectivity index (χ4v) is 1.95. The van der Waals surface area contributed by atoms with Gasteiger partial charge in [0, 0.05) is 25.7 Å². The minimum absolute atomic E-state index is 0.0761. The quantitative estimate of drug-likeness (QED) is 0.534. The Morgan fingerprint density at radius 1 is 1.27 bits per heavy atom. The minimum atomic E-state index is -0.0761. The SMILES string of the molecule is CCNC(=NCc1cccc(C(=O)NC)c1)NCCC(C)C. The maximum absolute atomic E-state index is 11.6. The van der Waals surface area contributed by atoms with Crippen LogP contribution in [0.25, 0.3) is 0 Å². The molecule has 0 radical (unpaired) electrons. The van der Waals surface area contributed by atoms with E-state index in [1.807, 2.05) is 25.1 Å². The molecule has 0 fully saturated rings. The molecule has 22 heavy (non-hydrogen) atoms. The van der Waals surface area contributed by atoms with E-state index in [9.17, 15) is 4.79 Å². The summed E-state index contributed by atoms with van der Waals surface area (Å²) in [6.45, 7) is 8.73. The van der Waals surface area contributed by atoms with Gasteiger partial charge in [-0.15, -0.1) is 0 Å². The number of carbonyl (C=O) groups excluding carboxylic acids is 1. The summed E-state index contributed by atoms with van der Waals surface area (Å²) in [7, 11) is 1.63. The predicted octanol–water partition coefficient (Wildman–Crippen LogP) is 2.15. The Labute approximate surface area is 133 Å². The third-order valence-electron chi connectivity index (χ3n) is 3.19. The van der Waals surface area contributed by atoms with E-state index in [0.717, 1.165) is 31.0 Å². The number of nitrogens with zero attached hydrogens (tertiary/aromatic N) is 1. The van der Waals surface area contributed by atoms with Crippen LogP contribution in [0, 0.1) is 5.92 Å². The highest BCUT2D eigenvalue weighted by atomic mass is 16.1. The molecule has 0 unspecified atom stereocenters. The van der Waals surface area contributed by atoms with Crippen LogP contribution in [0.3, 0.4) is 0 Å². The van der Waals surface area contributed by atoms with E-state index < -0.39 is 0 Å². The van der Waals surface area contributed by atoms with Gasteiger partial charge in [-0.05, 0) is 37.0 Å². The average Bonchev–Trinajstić information content (AvgIpc) is 2.51. The van der Waals surface area contributed by atoms with Crippen molar-refractivity contribution in [2.75, 3.05) is 20.1 Å².